The number of thiophene rings is 2. The van der Waals surface area contributed by atoms with Crippen molar-refractivity contribution in [1.82, 2.24) is 9.80 Å². The van der Waals surface area contributed by atoms with E-state index in [1.165, 1.54) is 15.3 Å². The lowest BCUT2D eigenvalue weighted by Gasteiger charge is -2.34. The fourth-order valence-corrected chi connectivity index (χ4v) is 4.69. The number of carbonyl (C=O) groups excluding carboxylic acids is 1. The van der Waals surface area contributed by atoms with Gasteiger partial charge in [0, 0.05) is 42.5 Å². The highest BCUT2D eigenvalue weighted by atomic mass is 32.1. The predicted molar refractivity (Wildman–Crippen MR) is 93.9 cm³/mol. The summed E-state index contributed by atoms with van der Waals surface area (Å²) in [6.07, 6.45) is 1.00. The van der Waals surface area contributed by atoms with Gasteiger partial charge in [-0.15, -0.1) is 22.7 Å². The Balaban J connectivity index is 1.57. The van der Waals surface area contributed by atoms with E-state index in [0.717, 1.165) is 44.0 Å². The van der Waals surface area contributed by atoms with Crippen LogP contribution in [0.4, 0.5) is 0 Å². The minimum absolute atomic E-state index is 0.212. The number of hydrogen-bond acceptors (Lipinski definition) is 4. The second-order valence-electron chi connectivity index (χ2n) is 5.69. The molecule has 3 heterocycles. The maximum Gasteiger partial charge on any atom is 0.264 e. The second kappa shape index (κ2) is 6.94. The van der Waals surface area contributed by atoms with Gasteiger partial charge in [-0.25, -0.2) is 0 Å². The summed E-state index contributed by atoms with van der Waals surface area (Å²) in [7, 11) is 0. The van der Waals surface area contributed by atoms with Crippen LogP contribution in [0.2, 0.25) is 0 Å². The number of aryl methyl sites for hydroxylation is 2. The number of hydrogen-bond donors (Lipinski definition) is 0. The Kier molecular flexibility index (Phi) is 4.96. The summed E-state index contributed by atoms with van der Waals surface area (Å²) in [5.74, 6) is 0.212. The van der Waals surface area contributed by atoms with Gasteiger partial charge in [0.2, 0.25) is 0 Å². The zero-order chi connectivity index (χ0) is 15.5. The zero-order valence-corrected chi connectivity index (χ0v) is 14.8. The number of piperazine rings is 1. The van der Waals surface area contributed by atoms with Crippen molar-refractivity contribution in [3.8, 4) is 0 Å². The summed E-state index contributed by atoms with van der Waals surface area (Å²) in [5.41, 5.74) is 1.31. The molecular formula is C17H22N2OS2. The first kappa shape index (κ1) is 15.7. The van der Waals surface area contributed by atoms with Crippen molar-refractivity contribution in [2.45, 2.75) is 26.8 Å². The van der Waals surface area contributed by atoms with Crippen molar-refractivity contribution in [3.63, 3.8) is 0 Å². The summed E-state index contributed by atoms with van der Waals surface area (Å²) < 4.78 is 0. The lowest BCUT2D eigenvalue weighted by atomic mass is 10.2. The second-order valence-corrected chi connectivity index (χ2v) is 7.98. The van der Waals surface area contributed by atoms with E-state index in [9.17, 15) is 4.79 Å². The molecule has 1 aliphatic heterocycles. The molecule has 0 unspecified atom stereocenters. The van der Waals surface area contributed by atoms with Crippen molar-refractivity contribution >= 4 is 28.6 Å². The molecule has 3 rings (SSSR count). The Morgan fingerprint density at radius 3 is 2.64 bits per heavy atom. The molecule has 2 aromatic rings. The molecule has 1 fully saturated rings. The van der Waals surface area contributed by atoms with E-state index in [4.69, 9.17) is 0 Å². The minimum Gasteiger partial charge on any atom is -0.335 e. The fraction of sp³-hybridized carbons (Fsp3) is 0.471. The number of carbonyl (C=O) groups is 1. The van der Waals surface area contributed by atoms with Crippen LogP contribution in [0.1, 0.15) is 31.9 Å². The average Bonchev–Trinajstić information content (AvgIpc) is 3.16. The molecule has 0 radical (unpaired) electrons. The number of rotatable bonds is 4. The Hall–Kier alpha value is -1.17. The Bertz CT molecular complexity index is 625. The van der Waals surface area contributed by atoms with Crippen LogP contribution in [0.3, 0.4) is 0 Å². The monoisotopic (exact) mass is 334 g/mol. The minimum atomic E-state index is 0.212. The summed E-state index contributed by atoms with van der Waals surface area (Å²) in [4.78, 5) is 20.7. The van der Waals surface area contributed by atoms with Crippen LogP contribution in [0.5, 0.6) is 0 Å². The summed E-state index contributed by atoms with van der Waals surface area (Å²) in [5, 5.41) is 2.12. The van der Waals surface area contributed by atoms with Crippen LogP contribution in [-0.2, 0) is 13.0 Å². The Labute approximate surface area is 140 Å². The largest absolute Gasteiger partial charge is 0.335 e. The maximum absolute atomic E-state index is 12.6. The lowest BCUT2D eigenvalue weighted by Crippen LogP contribution is -2.48. The fourth-order valence-electron chi connectivity index (χ4n) is 2.86. The molecule has 0 saturated carbocycles. The first-order valence-corrected chi connectivity index (χ1v) is 9.50. The highest BCUT2D eigenvalue weighted by molar-refractivity contribution is 7.14. The van der Waals surface area contributed by atoms with Gasteiger partial charge in [-0.3, -0.25) is 9.69 Å². The topological polar surface area (TPSA) is 23.6 Å². The van der Waals surface area contributed by atoms with E-state index in [2.05, 4.69) is 42.3 Å². The molecule has 1 amide bonds. The van der Waals surface area contributed by atoms with Gasteiger partial charge >= 0.3 is 0 Å². The van der Waals surface area contributed by atoms with E-state index in [1.807, 2.05) is 4.90 Å². The van der Waals surface area contributed by atoms with Crippen molar-refractivity contribution in [2.24, 2.45) is 0 Å². The number of nitrogens with zero attached hydrogens (tertiary/aromatic N) is 2. The molecule has 0 bridgehead atoms. The standard InChI is InChI=1S/C17H22N2OS2/c1-3-14-11-16(22-13(14)2)17(20)19-8-6-18(7-9-19)12-15-5-4-10-21-15/h4-5,10-11H,3,6-9,12H2,1-2H3. The SMILES string of the molecule is CCc1cc(C(=O)N2CCN(Cc3cccs3)CC2)sc1C. The van der Waals surface area contributed by atoms with E-state index in [1.54, 1.807) is 22.7 Å². The van der Waals surface area contributed by atoms with Gasteiger partial charge in [0.25, 0.3) is 5.91 Å². The van der Waals surface area contributed by atoms with E-state index in [-0.39, 0.29) is 5.91 Å². The lowest BCUT2D eigenvalue weighted by molar-refractivity contribution is 0.0634. The highest BCUT2D eigenvalue weighted by Gasteiger charge is 2.23. The van der Waals surface area contributed by atoms with Crippen molar-refractivity contribution in [3.05, 3.63) is 43.8 Å². The van der Waals surface area contributed by atoms with Gasteiger partial charge in [0.1, 0.15) is 0 Å². The third-order valence-electron chi connectivity index (χ3n) is 4.23. The molecule has 2 aromatic heterocycles. The molecule has 3 nitrogen and oxygen atoms in total. The van der Waals surface area contributed by atoms with Crippen LogP contribution in [0, 0.1) is 6.92 Å². The van der Waals surface area contributed by atoms with Crippen molar-refractivity contribution in [1.29, 1.82) is 0 Å². The van der Waals surface area contributed by atoms with Crippen LogP contribution < -0.4 is 0 Å². The van der Waals surface area contributed by atoms with Crippen LogP contribution >= 0.6 is 22.7 Å². The predicted octanol–water partition coefficient (Wildman–Crippen LogP) is 3.64. The van der Waals surface area contributed by atoms with Crippen LogP contribution in [-0.4, -0.2) is 41.9 Å². The molecule has 0 atom stereocenters. The van der Waals surface area contributed by atoms with E-state index < -0.39 is 0 Å². The van der Waals surface area contributed by atoms with Gasteiger partial charge in [-0.05, 0) is 36.4 Å². The molecule has 22 heavy (non-hydrogen) atoms. The van der Waals surface area contributed by atoms with Gasteiger partial charge in [0.15, 0.2) is 0 Å². The third-order valence-corrected chi connectivity index (χ3v) is 6.17. The zero-order valence-electron chi connectivity index (χ0n) is 13.2. The van der Waals surface area contributed by atoms with Crippen molar-refractivity contribution in [2.75, 3.05) is 26.2 Å². The van der Waals surface area contributed by atoms with Gasteiger partial charge < -0.3 is 4.90 Å². The van der Waals surface area contributed by atoms with Crippen molar-refractivity contribution < 1.29 is 4.79 Å². The molecule has 0 spiro atoms. The Morgan fingerprint density at radius 1 is 1.27 bits per heavy atom. The highest BCUT2D eigenvalue weighted by Crippen LogP contribution is 2.24. The summed E-state index contributed by atoms with van der Waals surface area (Å²) in [6, 6.07) is 6.37. The molecule has 0 aromatic carbocycles. The summed E-state index contributed by atoms with van der Waals surface area (Å²) >= 11 is 3.45. The van der Waals surface area contributed by atoms with E-state index >= 15 is 0 Å². The smallest absolute Gasteiger partial charge is 0.264 e. The molecule has 1 saturated heterocycles. The first-order valence-electron chi connectivity index (χ1n) is 7.80. The maximum atomic E-state index is 12.6. The van der Waals surface area contributed by atoms with Crippen LogP contribution in [0.15, 0.2) is 23.6 Å². The summed E-state index contributed by atoms with van der Waals surface area (Å²) in [6.45, 7) is 8.87. The van der Waals surface area contributed by atoms with Gasteiger partial charge in [-0.2, -0.15) is 0 Å². The quantitative estimate of drug-likeness (QED) is 0.852. The third kappa shape index (κ3) is 3.42. The molecule has 5 heteroatoms. The van der Waals surface area contributed by atoms with E-state index in [0.29, 0.717) is 0 Å². The van der Waals surface area contributed by atoms with Gasteiger partial charge in [-0.1, -0.05) is 13.0 Å². The molecule has 1 aliphatic rings. The normalized spacial score (nSPS) is 16.2. The molecule has 0 aliphatic carbocycles. The Morgan fingerprint density at radius 2 is 2.05 bits per heavy atom. The average molecular weight is 335 g/mol. The molecule has 118 valence electrons. The number of amides is 1. The molecular weight excluding hydrogens is 312 g/mol. The molecule has 0 N–H and O–H groups in total. The first-order chi connectivity index (χ1) is 10.7. The van der Waals surface area contributed by atoms with Gasteiger partial charge in [0.05, 0.1) is 4.88 Å². The van der Waals surface area contributed by atoms with Crippen LogP contribution in [0.25, 0.3) is 0 Å².